The lowest BCUT2D eigenvalue weighted by molar-refractivity contribution is 0.450. The highest BCUT2D eigenvalue weighted by Gasteiger charge is 2.12. The van der Waals surface area contributed by atoms with E-state index in [0.29, 0.717) is 24.7 Å². The van der Waals surface area contributed by atoms with Crippen molar-refractivity contribution in [1.82, 2.24) is 19.5 Å². The number of hydrogen-bond donors (Lipinski definition) is 3. The highest BCUT2D eigenvalue weighted by molar-refractivity contribution is 9.10. The summed E-state index contributed by atoms with van der Waals surface area (Å²) in [7, 11) is 0. The van der Waals surface area contributed by atoms with Crippen molar-refractivity contribution in [3.63, 3.8) is 0 Å². The molecule has 0 unspecified atom stereocenters. The molecule has 27 heavy (non-hydrogen) atoms. The number of imidazole rings is 1. The summed E-state index contributed by atoms with van der Waals surface area (Å²) in [5, 5.41) is 13.9. The van der Waals surface area contributed by atoms with Crippen LogP contribution in [-0.4, -0.2) is 31.2 Å². The molecule has 0 amide bonds. The molecule has 0 aliphatic heterocycles. The average Bonchev–Trinajstić information content (AvgIpc) is 3.19. The molecule has 138 valence electrons. The van der Waals surface area contributed by atoms with E-state index in [1.165, 1.54) is 14.7 Å². The van der Waals surface area contributed by atoms with Crippen molar-refractivity contribution in [3.05, 3.63) is 57.2 Å². The van der Waals surface area contributed by atoms with Gasteiger partial charge in [0.1, 0.15) is 5.69 Å². The van der Waals surface area contributed by atoms with E-state index in [1.54, 1.807) is 24.5 Å². The van der Waals surface area contributed by atoms with E-state index in [1.807, 2.05) is 12.1 Å². The standard InChI is InChI=1S/C18H16BrN5O2S/c1-10-16(25)23-18(26)24(10)7-6-20-17-21-9-12(19)15(22-17)14-8-11-4-2-3-5-13(11)27-14/h2-5,8-9,25H,6-7H2,1H3,(H,23,26)(H,20,21,22). The Morgan fingerprint density at radius 3 is 2.93 bits per heavy atom. The highest BCUT2D eigenvalue weighted by Crippen LogP contribution is 2.36. The first-order chi connectivity index (χ1) is 13.0. The second kappa shape index (κ2) is 7.16. The van der Waals surface area contributed by atoms with Crippen molar-refractivity contribution < 1.29 is 5.11 Å². The molecule has 0 aliphatic rings. The Morgan fingerprint density at radius 2 is 2.19 bits per heavy atom. The molecule has 7 nitrogen and oxygen atoms in total. The number of nitrogens with zero attached hydrogens (tertiary/aromatic N) is 3. The summed E-state index contributed by atoms with van der Waals surface area (Å²) < 4.78 is 3.49. The van der Waals surface area contributed by atoms with Crippen LogP contribution < -0.4 is 11.0 Å². The summed E-state index contributed by atoms with van der Waals surface area (Å²) in [6.07, 6.45) is 1.72. The molecule has 0 fully saturated rings. The number of hydrogen-bond acceptors (Lipinski definition) is 6. The van der Waals surface area contributed by atoms with Gasteiger partial charge in [0.05, 0.1) is 15.0 Å². The molecule has 1 aromatic carbocycles. The van der Waals surface area contributed by atoms with Gasteiger partial charge in [0.25, 0.3) is 0 Å². The van der Waals surface area contributed by atoms with E-state index in [2.05, 4.69) is 54.4 Å². The average molecular weight is 446 g/mol. The molecule has 0 spiro atoms. The summed E-state index contributed by atoms with van der Waals surface area (Å²) in [5.41, 5.74) is 0.986. The highest BCUT2D eigenvalue weighted by atomic mass is 79.9. The van der Waals surface area contributed by atoms with E-state index in [-0.39, 0.29) is 11.6 Å². The first kappa shape index (κ1) is 17.7. The molecule has 4 aromatic rings. The molecule has 0 saturated heterocycles. The number of aromatic hydroxyl groups is 1. The van der Waals surface area contributed by atoms with Crippen LogP contribution in [0.4, 0.5) is 5.95 Å². The summed E-state index contributed by atoms with van der Waals surface area (Å²) in [4.78, 5) is 24.1. The number of anilines is 1. The minimum absolute atomic E-state index is 0.105. The van der Waals surface area contributed by atoms with Crippen molar-refractivity contribution in [2.45, 2.75) is 13.5 Å². The smallest absolute Gasteiger partial charge is 0.328 e. The Hall–Kier alpha value is -2.65. The number of fused-ring (bicyclic) bond motifs is 1. The van der Waals surface area contributed by atoms with Crippen molar-refractivity contribution in [3.8, 4) is 16.5 Å². The number of nitrogens with one attached hydrogen (secondary N) is 2. The maximum atomic E-state index is 11.8. The van der Waals surface area contributed by atoms with Crippen LogP contribution in [0.15, 0.2) is 45.8 Å². The predicted molar refractivity (Wildman–Crippen MR) is 110 cm³/mol. The van der Waals surface area contributed by atoms with E-state index in [9.17, 15) is 9.90 Å². The van der Waals surface area contributed by atoms with E-state index in [0.717, 1.165) is 15.0 Å². The van der Waals surface area contributed by atoms with Crippen LogP contribution in [0.25, 0.3) is 20.7 Å². The monoisotopic (exact) mass is 445 g/mol. The second-order valence-electron chi connectivity index (χ2n) is 5.98. The van der Waals surface area contributed by atoms with Crippen LogP contribution in [0.1, 0.15) is 5.69 Å². The zero-order chi connectivity index (χ0) is 19.0. The predicted octanol–water partition coefficient (Wildman–Crippen LogP) is 3.74. The SMILES string of the molecule is Cc1c(O)[nH]c(=O)n1CCNc1ncc(Br)c(-c2cc3ccccc3s2)n1. The minimum atomic E-state index is -0.338. The van der Waals surface area contributed by atoms with Gasteiger partial charge >= 0.3 is 5.69 Å². The maximum absolute atomic E-state index is 11.8. The van der Waals surface area contributed by atoms with E-state index in [4.69, 9.17) is 0 Å². The number of benzene rings is 1. The van der Waals surface area contributed by atoms with Gasteiger partial charge in [0.2, 0.25) is 11.8 Å². The molecule has 3 heterocycles. The Labute approximate surface area is 166 Å². The third-order valence-electron chi connectivity index (χ3n) is 4.24. The fraction of sp³-hybridized carbons (Fsp3) is 0.167. The van der Waals surface area contributed by atoms with Crippen LogP contribution in [0.2, 0.25) is 0 Å². The lowest BCUT2D eigenvalue weighted by atomic mass is 10.2. The topological polar surface area (TPSA) is 95.8 Å². The summed E-state index contributed by atoms with van der Waals surface area (Å²) in [6.45, 7) is 2.52. The number of thiophene rings is 1. The number of aromatic amines is 1. The Balaban J connectivity index is 1.54. The fourth-order valence-corrected chi connectivity index (χ4v) is 4.41. The molecular weight excluding hydrogens is 430 g/mol. The summed E-state index contributed by atoms with van der Waals surface area (Å²) in [5.74, 6) is 0.378. The zero-order valence-electron chi connectivity index (χ0n) is 14.4. The summed E-state index contributed by atoms with van der Waals surface area (Å²) >= 11 is 5.20. The molecule has 4 rings (SSSR count). The lowest BCUT2D eigenvalue weighted by Gasteiger charge is -2.08. The molecule has 0 atom stereocenters. The van der Waals surface area contributed by atoms with Gasteiger partial charge in [-0.25, -0.2) is 14.8 Å². The lowest BCUT2D eigenvalue weighted by Crippen LogP contribution is -2.22. The first-order valence-electron chi connectivity index (χ1n) is 8.26. The molecule has 0 radical (unpaired) electrons. The molecule has 3 N–H and O–H groups in total. The number of H-pyrrole nitrogens is 1. The van der Waals surface area contributed by atoms with Crippen molar-refractivity contribution in [2.24, 2.45) is 0 Å². The largest absolute Gasteiger partial charge is 0.493 e. The van der Waals surface area contributed by atoms with Crippen molar-refractivity contribution in [2.75, 3.05) is 11.9 Å². The third-order valence-corrected chi connectivity index (χ3v) is 5.94. The van der Waals surface area contributed by atoms with Gasteiger partial charge in [-0.3, -0.25) is 9.55 Å². The van der Waals surface area contributed by atoms with Crippen LogP contribution in [0.5, 0.6) is 5.88 Å². The zero-order valence-corrected chi connectivity index (χ0v) is 16.8. The fourth-order valence-electron chi connectivity index (χ4n) is 2.81. The molecule has 3 aromatic heterocycles. The van der Waals surface area contributed by atoms with E-state index < -0.39 is 0 Å². The minimum Gasteiger partial charge on any atom is -0.493 e. The van der Waals surface area contributed by atoms with Gasteiger partial charge in [-0.2, -0.15) is 0 Å². The van der Waals surface area contributed by atoms with Gasteiger partial charge < -0.3 is 10.4 Å². The van der Waals surface area contributed by atoms with E-state index >= 15 is 0 Å². The van der Waals surface area contributed by atoms with Crippen molar-refractivity contribution in [1.29, 1.82) is 0 Å². The summed E-state index contributed by atoms with van der Waals surface area (Å²) in [6, 6.07) is 10.3. The van der Waals surface area contributed by atoms with Crippen LogP contribution in [-0.2, 0) is 6.54 Å². The molecule has 0 aliphatic carbocycles. The van der Waals surface area contributed by atoms with Crippen LogP contribution >= 0.6 is 27.3 Å². The van der Waals surface area contributed by atoms with Gasteiger partial charge in [-0.05, 0) is 40.4 Å². The number of rotatable bonds is 5. The second-order valence-corrected chi connectivity index (χ2v) is 7.92. The molecule has 0 bridgehead atoms. The Bertz CT molecular complexity index is 1150. The Morgan fingerprint density at radius 1 is 1.37 bits per heavy atom. The van der Waals surface area contributed by atoms with Gasteiger partial charge in [-0.1, -0.05) is 18.2 Å². The van der Waals surface area contributed by atoms with Gasteiger partial charge in [-0.15, -0.1) is 11.3 Å². The molecule has 9 heteroatoms. The maximum Gasteiger partial charge on any atom is 0.328 e. The normalized spacial score (nSPS) is 11.2. The molecule has 0 saturated carbocycles. The number of halogens is 1. The van der Waals surface area contributed by atoms with Gasteiger partial charge in [0, 0.05) is 24.0 Å². The van der Waals surface area contributed by atoms with Crippen LogP contribution in [0.3, 0.4) is 0 Å². The quantitative estimate of drug-likeness (QED) is 0.434. The van der Waals surface area contributed by atoms with Crippen molar-refractivity contribution >= 4 is 43.3 Å². The molecular formula is C18H16BrN5O2S. The Kier molecular flexibility index (Phi) is 4.71. The first-order valence-corrected chi connectivity index (χ1v) is 9.87. The van der Waals surface area contributed by atoms with Crippen LogP contribution in [0, 0.1) is 6.92 Å². The number of aromatic nitrogens is 4. The van der Waals surface area contributed by atoms with Gasteiger partial charge in [0.15, 0.2) is 0 Å². The third kappa shape index (κ3) is 3.47.